The van der Waals surface area contributed by atoms with Crippen molar-refractivity contribution in [1.29, 1.82) is 0 Å². The normalized spacial score (nSPS) is 28.1. The average Bonchev–Trinajstić information content (AvgIpc) is 2.38. The zero-order valence-corrected chi connectivity index (χ0v) is 12.7. The largest absolute Gasteiger partial charge is 0.481 e. The summed E-state index contributed by atoms with van der Waals surface area (Å²) in [5.74, 6) is 0.756. The van der Waals surface area contributed by atoms with Gasteiger partial charge in [0.15, 0.2) is 0 Å². The summed E-state index contributed by atoms with van der Waals surface area (Å²) in [6.45, 7) is 2.59. The fourth-order valence-corrected chi connectivity index (χ4v) is 3.90. The predicted octanol–water partition coefficient (Wildman–Crippen LogP) is 0.682. The number of thioether (sulfide) groups is 1. The average molecular weight is 301 g/mol. The topological polar surface area (TPSA) is 72.9 Å². The molecule has 2 N–H and O–H groups in total. The minimum atomic E-state index is -0.840. The summed E-state index contributed by atoms with van der Waals surface area (Å²) in [5, 5.41) is 12.0. The highest BCUT2D eigenvalue weighted by molar-refractivity contribution is 7.99. The number of urea groups is 1. The van der Waals surface area contributed by atoms with Crippen LogP contribution in [0.3, 0.4) is 0 Å². The van der Waals surface area contributed by atoms with Gasteiger partial charge in [-0.15, -0.1) is 0 Å². The lowest BCUT2D eigenvalue weighted by molar-refractivity contribution is -0.138. The SMILES string of the molecule is CN1CCCC(NC(=O)N2CCSCC2CC(=O)O)C1. The Labute approximate surface area is 123 Å². The third-order valence-corrected chi connectivity index (χ3v) is 4.94. The molecule has 2 unspecified atom stereocenters. The third-order valence-electron chi connectivity index (χ3n) is 3.85. The van der Waals surface area contributed by atoms with Gasteiger partial charge in [-0.2, -0.15) is 11.8 Å². The molecule has 2 rings (SSSR count). The molecule has 114 valence electrons. The number of carbonyl (C=O) groups excluding carboxylic acids is 1. The van der Waals surface area contributed by atoms with Crippen molar-refractivity contribution in [3.63, 3.8) is 0 Å². The van der Waals surface area contributed by atoms with Crippen LogP contribution in [0.1, 0.15) is 19.3 Å². The van der Waals surface area contributed by atoms with E-state index < -0.39 is 5.97 Å². The summed E-state index contributed by atoms with van der Waals surface area (Å²) in [6.07, 6.45) is 2.13. The van der Waals surface area contributed by atoms with E-state index in [1.807, 2.05) is 0 Å². The van der Waals surface area contributed by atoms with E-state index in [1.165, 1.54) is 0 Å². The van der Waals surface area contributed by atoms with E-state index in [1.54, 1.807) is 16.7 Å². The molecule has 0 saturated carbocycles. The van der Waals surface area contributed by atoms with Crippen molar-refractivity contribution < 1.29 is 14.7 Å². The molecule has 0 aliphatic carbocycles. The Bertz CT molecular complexity index is 367. The number of carbonyl (C=O) groups is 2. The van der Waals surface area contributed by atoms with Gasteiger partial charge in [0.05, 0.1) is 12.5 Å². The van der Waals surface area contributed by atoms with E-state index in [0.29, 0.717) is 12.3 Å². The summed E-state index contributed by atoms with van der Waals surface area (Å²) in [6, 6.07) is -0.106. The second-order valence-electron chi connectivity index (χ2n) is 5.57. The first-order valence-corrected chi connectivity index (χ1v) is 8.27. The van der Waals surface area contributed by atoms with Crippen LogP contribution in [0.25, 0.3) is 0 Å². The van der Waals surface area contributed by atoms with Crippen LogP contribution in [0.5, 0.6) is 0 Å². The van der Waals surface area contributed by atoms with E-state index >= 15 is 0 Å². The van der Waals surface area contributed by atoms with E-state index in [4.69, 9.17) is 5.11 Å². The minimum Gasteiger partial charge on any atom is -0.481 e. The van der Waals surface area contributed by atoms with Gasteiger partial charge < -0.3 is 20.2 Å². The van der Waals surface area contributed by atoms with Crippen molar-refractivity contribution in [2.24, 2.45) is 0 Å². The number of nitrogens with one attached hydrogen (secondary N) is 1. The number of amides is 2. The van der Waals surface area contributed by atoms with Crippen LogP contribution in [-0.2, 0) is 4.79 Å². The fourth-order valence-electron chi connectivity index (χ4n) is 2.83. The fraction of sp³-hybridized carbons (Fsp3) is 0.846. The van der Waals surface area contributed by atoms with Gasteiger partial charge in [0, 0.05) is 30.6 Å². The van der Waals surface area contributed by atoms with Crippen LogP contribution in [0, 0.1) is 0 Å². The number of hydrogen-bond acceptors (Lipinski definition) is 4. The standard InChI is InChI=1S/C13H23N3O3S/c1-15-4-2-3-10(8-15)14-13(19)16-5-6-20-9-11(16)7-12(17)18/h10-11H,2-9H2,1H3,(H,14,19)(H,17,18). The van der Waals surface area contributed by atoms with Crippen LogP contribution in [-0.4, -0.2) is 77.2 Å². The summed E-state index contributed by atoms with van der Waals surface area (Å²) < 4.78 is 0. The Morgan fingerprint density at radius 3 is 2.90 bits per heavy atom. The summed E-state index contributed by atoms with van der Waals surface area (Å²) >= 11 is 1.72. The van der Waals surface area contributed by atoms with Gasteiger partial charge >= 0.3 is 12.0 Å². The molecule has 2 fully saturated rings. The van der Waals surface area contributed by atoms with Crippen LogP contribution in [0.2, 0.25) is 0 Å². The number of nitrogens with zero attached hydrogens (tertiary/aromatic N) is 2. The number of piperidine rings is 1. The lowest BCUT2D eigenvalue weighted by Gasteiger charge is -2.37. The number of likely N-dealkylation sites (N-methyl/N-ethyl adjacent to an activating group) is 1. The molecule has 2 amide bonds. The highest BCUT2D eigenvalue weighted by Gasteiger charge is 2.30. The molecule has 0 aromatic heterocycles. The maximum Gasteiger partial charge on any atom is 0.317 e. The molecule has 7 heteroatoms. The van der Waals surface area contributed by atoms with Crippen LogP contribution in [0.4, 0.5) is 4.79 Å². The summed E-state index contributed by atoms with van der Waals surface area (Å²) in [7, 11) is 2.06. The molecule has 2 saturated heterocycles. The number of carboxylic acid groups (broad SMARTS) is 1. The van der Waals surface area contributed by atoms with E-state index in [-0.39, 0.29) is 24.5 Å². The van der Waals surface area contributed by atoms with Gasteiger partial charge in [-0.1, -0.05) is 0 Å². The molecule has 2 aliphatic heterocycles. The van der Waals surface area contributed by atoms with Crippen molar-refractivity contribution in [2.45, 2.75) is 31.3 Å². The molecule has 0 aromatic rings. The van der Waals surface area contributed by atoms with Crippen LogP contribution < -0.4 is 5.32 Å². The Morgan fingerprint density at radius 1 is 1.40 bits per heavy atom. The van der Waals surface area contributed by atoms with E-state index in [0.717, 1.165) is 31.7 Å². The highest BCUT2D eigenvalue weighted by Crippen LogP contribution is 2.19. The van der Waals surface area contributed by atoms with Gasteiger partial charge in [0.1, 0.15) is 0 Å². The molecule has 2 atom stereocenters. The number of rotatable bonds is 3. The van der Waals surface area contributed by atoms with Crippen molar-refractivity contribution >= 4 is 23.8 Å². The molecule has 20 heavy (non-hydrogen) atoms. The maximum atomic E-state index is 12.4. The summed E-state index contributed by atoms with van der Waals surface area (Å²) in [4.78, 5) is 27.2. The van der Waals surface area contributed by atoms with Crippen molar-refractivity contribution in [3.8, 4) is 0 Å². The Morgan fingerprint density at radius 2 is 2.20 bits per heavy atom. The first-order chi connectivity index (χ1) is 9.56. The van der Waals surface area contributed by atoms with Crippen LogP contribution in [0.15, 0.2) is 0 Å². The molecule has 2 aliphatic rings. The van der Waals surface area contributed by atoms with Gasteiger partial charge in [0.2, 0.25) is 0 Å². The Kier molecular flexibility index (Phi) is 5.54. The molecular weight excluding hydrogens is 278 g/mol. The quantitative estimate of drug-likeness (QED) is 0.802. The Hall–Kier alpha value is -0.950. The smallest absolute Gasteiger partial charge is 0.317 e. The minimum absolute atomic E-state index is 0.0327. The molecule has 0 bridgehead atoms. The van der Waals surface area contributed by atoms with Gasteiger partial charge in [0.25, 0.3) is 0 Å². The van der Waals surface area contributed by atoms with Crippen molar-refractivity contribution in [3.05, 3.63) is 0 Å². The first-order valence-electron chi connectivity index (χ1n) is 7.11. The maximum absolute atomic E-state index is 12.4. The molecule has 0 spiro atoms. The number of hydrogen-bond donors (Lipinski definition) is 2. The summed E-state index contributed by atoms with van der Waals surface area (Å²) in [5.41, 5.74) is 0. The number of aliphatic carboxylic acids is 1. The monoisotopic (exact) mass is 301 g/mol. The van der Waals surface area contributed by atoms with Gasteiger partial charge in [-0.25, -0.2) is 4.79 Å². The zero-order chi connectivity index (χ0) is 14.5. The van der Waals surface area contributed by atoms with Crippen molar-refractivity contribution in [2.75, 3.05) is 38.2 Å². The van der Waals surface area contributed by atoms with Gasteiger partial charge in [-0.05, 0) is 26.4 Å². The second-order valence-corrected chi connectivity index (χ2v) is 6.72. The van der Waals surface area contributed by atoms with Crippen LogP contribution >= 0.6 is 11.8 Å². The lowest BCUT2D eigenvalue weighted by Crippen LogP contribution is -2.55. The molecule has 2 heterocycles. The Balaban J connectivity index is 1.90. The molecule has 0 aromatic carbocycles. The third kappa shape index (κ3) is 4.28. The van der Waals surface area contributed by atoms with Gasteiger partial charge in [-0.3, -0.25) is 4.79 Å². The second kappa shape index (κ2) is 7.17. The van der Waals surface area contributed by atoms with Crippen molar-refractivity contribution in [1.82, 2.24) is 15.1 Å². The number of likely N-dealkylation sites (tertiary alicyclic amines) is 1. The molecular formula is C13H23N3O3S. The number of carboxylic acids is 1. The zero-order valence-electron chi connectivity index (χ0n) is 11.9. The lowest BCUT2D eigenvalue weighted by atomic mass is 10.1. The predicted molar refractivity (Wildman–Crippen MR) is 79.1 cm³/mol. The molecule has 6 nitrogen and oxygen atoms in total. The molecule has 0 radical (unpaired) electrons. The van der Waals surface area contributed by atoms with E-state index in [2.05, 4.69) is 17.3 Å². The highest BCUT2D eigenvalue weighted by atomic mass is 32.2. The first kappa shape index (κ1) is 15.4. The van der Waals surface area contributed by atoms with E-state index in [9.17, 15) is 9.59 Å².